The van der Waals surface area contributed by atoms with E-state index in [2.05, 4.69) is 0 Å². The van der Waals surface area contributed by atoms with Crippen LogP contribution >= 0.6 is 11.6 Å². The molecule has 0 bridgehead atoms. The highest BCUT2D eigenvalue weighted by molar-refractivity contribution is 6.32. The van der Waals surface area contributed by atoms with Crippen molar-refractivity contribution in [2.75, 3.05) is 5.73 Å². The first kappa shape index (κ1) is 17.0. The number of rotatable bonds is 2. The molecule has 2 aromatic rings. The summed E-state index contributed by atoms with van der Waals surface area (Å²) in [6.45, 7) is 0. The predicted octanol–water partition coefficient (Wildman–Crippen LogP) is 2.84. The van der Waals surface area contributed by atoms with Gasteiger partial charge in [0.05, 0.1) is 32.7 Å². The highest BCUT2D eigenvalue weighted by Gasteiger charge is 2.08. The van der Waals surface area contributed by atoms with E-state index in [0.29, 0.717) is 0 Å². The van der Waals surface area contributed by atoms with E-state index in [1.165, 1.54) is 24.3 Å². The molecule has 2 rings (SSSR count). The maximum Gasteiger partial charge on any atom is 0.273 e. The summed E-state index contributed by atoms with van der Waals surface area (Å²) in [5.41, 5.74) is 5.01. The van der Waals surface area contributed by atoms with Gasteiger partial charge in [0, 0.05) is 12.1 Å². The number of hydrogen-bond donors (Lipinski definition) is 3. The van der Waals surface area contributed by atoms with Crippen LogP contribution in [0.5, 0.6) is 11.5 Å². The van der Waals surface area contributed by atoms with Crippen molar-refractivity contribution in [2.45, 2.75) is 0 Å². The minimum Gasteiger partial charge on any atom is -0.506 e. The molecule has 9 nitrogen and oxygen atoms in total. The van der Waals surface area contributed by atoms with Gasteiger partial charge in [-0.2, -0.15) is 0 Å². The van der Waals surface area contributed by atoms with Crippen molar-refractivity contribution in [2.24, 2.45) is 0 Å². The van der Waals surface area contributed by atoms with E-state index in [1.807, 2.05) is 0 Å². The van der Waals surface area contributed by atoms with Gasteiger partial charge in [0.15, 0.2) is 0 Å². The largest absolute Gasteiger partial charge is 0.506 e. The monoisotopic (exact) mass is 327 g/mol. The Morgan fingerprint density at radius 3 is 1.77 bits per heavy atom. The Bertz CT molecular complexity index is 661. The number of nitrogens with two attached hydrogens (primary N) is 1. The van der Waals surface area contributed by atoms with Crippen molar-refractivity contribution in [3.8, 4) is 11.5 Å². The van der Waals surface area contributed by atoms with Gasteiger partial charge in [0.1, 0.15) is 11.5 Å². The van der Waals surface area contributed by atoms with Crippen molar-refractivity contribution < 1.29 is 20.1 Å². The standard InChI is InChI=1S/C6H4ClNO3.C6H6N2O3/c2*7-5-2-1-4(8(10)11)3-6(5)9/h1-3,9H;1-3,9H,7H2. The molecule has 0 saturated heterocycles. The second-order valence-electron chi connectivity index (χ2n) is 3.89. The Balaban J connectivity index is 0.000000220. The van der Waals surface area contributed by atoms with Gasteiger partial charge < -0.3 is 15.9 Å². The third-order valence-corrected chi connectivity index (χ3v) is 2.68. The Kier molecular flexibility index (Phi) is 5.47. The molecule has 0 amide bonds. The first-order chi connectivity index (χ1) is 10.2. The van der Waals surface area contributed by atoms with Gasteiger partial charge in [-0.05, 0) is 12.1 Å². The lowest BCUT2D eigenvalue weighted by atomic mass is 10.3. The van der Waals surface area contributed by atoms with Gasteiger partial charge >= 0.3 is 0 Å². The number of hydrogen-bond acceptors (Lipinski definition) is 7. The molecule has 0 aromatic heterocycles. The number of nitrogens with zero attached hydrogens (tertiary/aromatic N) is 2. The molecule has 0 saturated carbocycles. The van der Waals surface area contributed by atoms with Crippen LogP contribution < -0.4 is 5.73 Å². The number of aromatic hydroxyl groups is 2. The first-order valence-corrected chi connectivity index (χ1v) is 5.96. The zero-order chi connectivity index (χ0) is 16.9. The van der Waals surface area contributed by atoms with Gasteiger partial charge in [-0.15, -0.1) is 0 Å². The molecule has 0 unspecified atom stereocenters. The molecule has 0 fully saturated rings. The van der Waals surface area contributed by atoms with Gasteiger partial charge in [0.25, 0.3) is 11.4 Å². The highest BCUT2D eigenvalue weighted by Crippen LogP contribution is 2.27. The molecule has 0 radical (unpaired) electrons. The minimum absolute atomic E-state index is 0.107. The Morgan fingerprint density at radius 2 is 1.36 bits per heavy atom. The summed E-state index contributed by atoms with van der Waals surface area (Å²) in [6.07, 6.45) is 0. The average Bonchev–Trinajstić information content (AvgIpc) is 2.45. The third kappa shape index (κ3) is 4.49. The number of anilines is 1. The van der Waals surface area contributed by atoms with Crippen LogP contribution in [0.1, 0.15) is 0 Å². The van der Waals surface area contributed by atoms with Gasteiger partial charge in [-0.25, -0.2) is 0 Å². The number of non-ortho nitro benzene ring substituents is 2. The minimum atomic E-state index is -0.601. The average molecular weight is 328 g/mol. The fourth-order valence-electron chi connectivity index (χ4n) is 1.26. The second-order valence-corrected chi connectivity index (χ2v) is 4.30. The second kappa shape index (κ2) is 7.09. The van der Waals surface area contributed by atoms with E-state index in [9.17, 15) is 20.2 Å². The number of phenolic OH excluding ortho intramolecular Hbond substituents is 2. The van der Waals surface area contributed by atoms with E-state index in [-0.39, 0.29) is 33.6 Å². The summed E-state index contributed by atoms with van der Waals surface area (Å²) in [5, 5.41) is 38.2. The van der Waals surface area contributed by atoms with E-state index < -0.39 is 9.85 Å². The fourth-order valence-corrected chi connectivity index (χ4v) is 1.38. The van der Waals surface area contributed by atoms with Gasteiger partial charge in [-0.3, -0.25) is 20.2 Å². The van der Waals surface area contributed by atoms with Crippen LogP contribution in [-0.2, 0) is 0 Å². The van der Waals surface area contributed by atoms with E-state index in [0.717, 1.165) is 12.1 Å². The van der Waals surface area contributed by atoms with Crippen LogP contribution in [0.3, 0.4) is 0 Å². The molecule has 10 heteroatoms. The number of nitrogen functional groups attached to an aromatic ring is 1. The number of nitro groups is 2. The SMILES string of the molecule is Nc1ccc([N+](=O)[O-])cc1O.O=[N+]([O-])c1ccc(Cl)c(O)c1. The number of benzene rings is 2. The molecule has 116 valence electrons. The van der Waals surface area contributed by atoms with E-state index in [4.69, 9.17) is 27.5 Å². The maximum absolute atomic E-state index is 10.1. The lowest BCUT2D eigenvalue weighted by molar-refractivity contribution is -0.385. The summed E-state index contributed by atoms with van der Waals surface area (Å²) in [4.78, 5) is 19.0. The molecule has 0 spiro atoms. The van der Waals surface area contributed by atoms with Crippen molar-refractivity contribution in [3.63, 3.8) is 0 Å². The number of phenols is 2. The topological polar surface area (TPSA) is 153 Å². The summed E-state index contributed by atoms with van der Waals surface area (Å²) in [7, 11) is 0. The highest BCUT2D eigenvalue weighted by atomic mass is 35.5. The van der Waals surface area contributed by atoms with E-state index in [1.54, 1.807) is 0 Å². The first-order valence-electron chi connectivity index (χ1n) is 5.58. The fraction of sp³-hybridized carbons (Fsp3) is 0. The van der Waals surface area contributed by atoms with Crippen LogP contribution in [0, 0.1) is 20.2 Å². The normalized spacial score (nSPS) is 9.50. The third-order valence-electron chi connectivity index (χ3n) is 2.37. The van der Waals surface area contributed by atoms with Crippen LogP contribution in [-0.4, -0.2) is 20.1 Å². The predicted molar refractivity (Wildman–Crippen MR) is 78.9 cm³/mol. The smallest absolute Gasteiger partial charge is 0.273 e. The molecule has 0 aliphatic carbocycles. The summed E-state index contributed by atoms with van der Waals surface area (Å²) in [6, 6.07) is 7.03. The molecular formula is C12H10ClN3O6. The Labute approximate surface area is 128 Å². The van der Waals surface area contributed by atoms with Crippen molar-refractivity contribution in [1.82, 2.24) is 0 Å². The summed E-state index contributed by atoms with van der Waals surface area (Å²) >= 11 is 5.41. The summed E-state index contributed by atoms with van der Waals surface area (Å²) < 4.78 is 0. The molecule has 0 aliphatic heterocycles. The summed E-state index contributed by atoms with van der Waals surface area (Å²) in [5.74, 6) is -0.542. The van der Waals surface area contributed by atoms with Gasteiger partial charge in [-0.1, -0.05) is 11.6 Å². The van der Waals surface area contributed by atoms with Crippen LogP contribution in [0.2, 0.25) is 5.02 Å². The van der Waals surface area contributed by atoms with E-state index >= 15 is 0 Å². The molecular weight excluding hydrogens is 318 g/mol. The van der Waals surface area contributed by atoms with Crippen molar-refractivity contribution in [3.05, 3.63) is 61.6 Å². The van der Waals surface area contributed by atoms with Crippen LogP contribution in [0.4, 0.5) is 17.1 Å². The number of halogens is 1. The Morgan fingerprint density at radius 1 is 0.909 bits per heavy atom. The molecule has 0 aliphatic rings. The zero-order valence-electron chi connectivity index (χ0n) is 10.8. The molecule has 0 atom stereocenters. The zero-order valence-corrected chi connectivity index (χ0v) is 11.6. The molecule has 22 heavy (non-hydrogen) atoms. The lowest BCUT2D eigenvalue weighted by Gasteiger charge is -1.95. The van der Waals surface area contributed by atoms with Gasteiger partial charge in [0.2, 0.25) is 0 Å². The number of nitro benzene ring substituents is 2. The Hall–Kier alpha value is -3.07. The van der Waals surface area contributed by atoms with Crippen LogP contribution in [0.15, 0.2) is 36.4 Å². The maximum atomic E-state index is 10.1. The van der Waals surface area contributed by atoms with Crippen LogP contribution in [0.25, 0.3) is 0 Å². The van der Waals surface area contributed by atoms with Crippen molar-refractivity contribution >= 4 is 28.7 Å². The van der Waals surface area contributed by atoms with Crippen molar-refractivity contribution in [1.29, 1.82) is 0 Å². The molecule has 0 heterocycles. The quantitative estimate of drug-likeness (QED) is 0.331. The lowest BCUT2D eigenvalue weighted by Crippen LogP contribution is -1.89. The molecule has 4 N–H and O–H groups in total. The molecule has 2 aromatic carbocycles.